The van der Waals surface area contributed by atoms with Crippen LogP contribution in [-0.4, -0.2) is 64.8 Å². The predicted octanol–water partition coefficient (Wildman–Crippen LogP) is 2.01. The van der Waals surface area contributed by atoms with Gasteiger partial charge in [0.15, 0.2) is 0 Å². The Hall–Kier alpha value is -1.00. The number of rotatable bonds is 8. The summed E-state index contributed by atoms with van der Waals surface area (Å²) in [6.07, 6.45) is 0. The molecule has 0 radical (unpaired) electrons. The van der Waals surface area contributed by atoms with Crippen LogP contribution in [0.15, 0.2) is 34.1 Å². The molecule has 0 unspecified atom stereocenters. The highest BCUT2D eigenvalue weighted by Gasteiger charge is 2.29. The first-order valence-electron chi connectivity index (χ1n) is 9.23. The van der Waals surface area contributed by atoms with E-state index in [-0.39, 0.29) is 21.6 Å². The summed E-state index contributed by atoms with van der Waals surface area (Å²) in [5, 5.41) is 0. The minimum absolute atomic E-state index is 0.0996. The Morgan fingerprint density at radius 1 is 0.889 bits per heavy atom. The van der Waals surface area contributed by atoms with E-state index in [1.807, 2.05) is 27.7 Å². The average molecular weight is 419 g/mol. The van der Waals surface area contributed by atoms with Crippen LogP contribution in [0, 0.1) is 11.8 Å². The van der Waals surface area contributed by atoms with Crippen LogP contribution < -0.4 is 0 Å². The molecule has 0 saturated carbocycles. The van der Waals surface area contributed by atoms with Gasteiger partial charge in [0.2, 0.25) is 20.0 Å². The van der Waals surface area contributed by atoms with Gasteiger partial charge in [-0.05, 0) is 36.1 Å². The van der Waals surface area contributed by atoms with E-state index >= 15 is 0 Å². The van der Waals surface area contributed by atoms with Crippen molar-refractivity contribution in [3.63, 3.8) is 0 Å². The number of benzene rings is 1. The van der Waals surface area contributed by atoms with E-state index in [4.69, 9.17) is 4.74 Å². The Kier molecular flexibility index (Phi) is 7.43. The summed E-state index contributed by atoms with van der Waals surface area (Å²) < 4.78 is 59.4. The molecule has 9 heteroatoms. The van der Waals surface area contributed by atoms with Crippen LogP contribution in [0.1, 0.15) is 27.7 Å². The van der Waals surface area contributed by atoms with Crippen molar-refractivity contribution in [3.05, 3.63) is 24.3 Å². The highest BCUT2D eigenvalue weighted by atomic mass is 32.2. The number of sulfonamides is 2. The van der Waals surface area contributed by atoms with E-state index in [1.165, 1.54) is 32.9 Å². The molecule has 0 N–H and O–H groups in total. The molecular formula is C18H30N2O5S2. The normalized spacial score (nSPS) is 17.1. The van der Waals surface area contributed by atoms with Gasteiger partial charge in [0.1, 0.15) is 0 Å². The topological polar surface area (TPSA) is 84.0 Å². The summed E-state index contributed by atoms with van der Waals surface area (Å²) in [5.41, 5.74) is 0. The first-order chi connectivity index (χ1) is 12.5. The molecular weight excluding hydrogens is 388 g/mol. The molecule has 0 bridgehead atoms. The largest absolute Gasteiger partial charge is 0.379 e. The Morgan fingerprint density at radius 3 is 1.78 bits per heavy atom. The lowest BCUT2D eigenvalue weighted by atomic mass is 10.2. The van der Waals surface area contributed by atoms with Crippen LogP contribution in [0.4, 0.5) is 0 Å². The van der Waals surface area contributed by atoms with Gasteiger partial charge in [0, 0.05) is 26.2 Å². The molecule has 27 heavy (non-hydrogen) atoms. The molecule has 1 fully saturated rings. The third-order valence-electron chi connectivity index (χ3n) is 4.21. The molecule has 1 aliphatic rings. The van der Waals surface area contributed by atoms with E-state index in [9.17, 15) is 16.8 Å². The lowest BCUT2D eigenvalue weighted by molar-refractivity contribution is 0.0730. The average Bonchev–Trinajstić information content (AvgIpc) is 2.61. The molecule has 1 aromatic rings. The fourth-order valence-corrected chi connectivity index (χ4v) is 6.13. The fourth-order valence-electron chi connectivity index (χ4n) is 2.95. The van der Waals surface area contributed by atoms with Gasteiger partial charge in [0.05, 0.1) is 23.0 Å². The zero-order valence-electron chi connectivity index (χ0n) is 16.5. The monoisotopic (exact) mass is 418 g/mol. The van der Waals surface area contributed by atoms with Gasteiger partial charge in [0.25, 0.3) is 0 Å². The van der Waals surface area contributed by atoms with Crippen molar-refractivity contribution >= 4 is 20.0 Å². The number of hydrogen-bond donors (Lipinski definition) is 0. The molecule has 0 atom stereocenters. The van der Waals surface area contributed by atoms with Gasteiger partial charge in [-0.1, -0.05) is 27.7 Å². The van der Waals surface area contributed by atoms with Gasteiger partial charge in [-0.2, -0.15) is 8.61 Å². The van der Waals surface area contributed by atoms with Crippen LogP contribution in [0.2, 0.25) is 0 Å². The third-order valence-corrected chi connectivity index (χ3v) is 7.97. The lowest BCUT2D eigenvalue weighted by Gasteiger charge is -2.27. The van der Waals surface area contributed by atoms with E-state index in [1.54, 1.807) is 0 Å². The van der Waals surface area contributed by atoms with E-state index < -0.39 is 20.0 Å². The molecule has 0 spiro atoms. The SMILES string of the molecule is CC(C)CN(CC(C)C)S(=O)(=O)c1ccc(S(=O)(=O)N2CCOCC2)cc1. The second kappa shape index (κ2) is 9.00. The van der Waals surface area contributed by atoms with Gasteiger partial charge in [-0.15, -0.1) is 0 Å². The quantitative estimate of drug-likeness (QED) is 0.645. The zero-order valence-corrected chi connectivity index (χ0v) is 18.1. The molecule has 0 amide bonds. The van der Waals surface area contributed by atoms with Crippen molar-refractivity contribution in [1.82, 2.24) is 8.61 Å². The molecule has 2 rings (SSSR count). The van der Waals surface area contributed by atoms with Crippen molar-refractivity contribution in [2.24, 2.45) is 11.8 Å². The smallest absolute Gasteiger partial charge is 0.243 e. The summed E-state index contributed by atoms with van der Waals surface area (Å²) >= 11 is 0. The van der Waals surface area contributed by atoms with Crippen molar-refractivity contribution in [2.45, 2.75) is 37.5 Å². The number of ether oxygens (including phenoxy) is 1. The lowest BCUT2D eigenvalue weighted by Crippen LogP contribution is -2.40. The highest BCUT2D eigenvalue weighted by Crippen LogP contribution is 2.23. The molecule has 1 aliphatic heterocycles. The molecule has 0 aliphatic carbocycles. The molecule has 7 nitrogen and oxygen atoms in total. The van der Waals surface area contributed by atoms with Crippen molar-refractivity contribution in [1.29, 1.82) is 0 Å². The maximum atomic E-state index is 13.0. The van der Waals surface area contributed by atoms with Gasteiger partial charge in [-0.3, -0.25) is 0 Å². The van der Waals surface area contributed by atoms with Crippen LogP contribution in [0.5, 0.6) is 0 Å². The molecule has 1 saturated heterocycles. The van der Waals surface area contributed by atoms with Crippen LogP contribution in [-0.2, 0) is 24.8 Å². The van der Waals surface area contributed by atoms with Crippen molar-refractivity contribution in [3.8, 4) is 0 Å². The summed E-state index contributed by atoms with van der Waals surface area (Å²) in [6.45, 7) is 10.1. The van der Waals surface area contributed by atoms with Crippen LogP contribution >= 0.6 is 0 Å². The molecule has 154 valence electrons. The minimum Gasteiger partial charge on any atom is -0.379 e. The molecule has 1 aromatic carbocycles. The fraction of sp³-hybridized carbons (Fsp3) is 0.667. The van der Waals surface area contributed by atoms with Crippen molar-refractivity contribution < 1.29 is 21.6 Å². The summed E-state index contributed by atoms with van der Waals surface area (Å²) in [5.74, 6) is 0.388. The Balaban J connectivity index is 2.28. The number of nitrogens with zero attached hydrogens (tertiary/aromatic N) is 2. The van der Waals surface area contributed by atoms with Crippen LogP contribution in [0.25, 0.3) is 0 Å². The Morgan fingerprint density at radius 2 is 1.33 bits per heavy atom. The highest BCUT2D eigenvalue weighted by molar-refractivity contribution is 7.89. The maximum absolute atomic E-state index is 13.0. The second-order valence-electron chi connectivity index (χ2n) is 7.60. The zero-order chi connectivity index (χ0) is 20.2. The Bertz CT molecular complexity index is 802. The second-order valence-corrected chi connectivity index (χ2v) is 11.5. The third kappa shape index (κ3) is 5.51. The standard InChI is InChI=1S/C18H30N2O5S2/c1-15(2)13-20(14-16(3)4)27(23,24)18-7-5-17(6-8-18)26(21,22)19-9-11-25-12-10-19/h5-8,15-16H,9-14H2,1-4H3. The number of hydrogen-bond acceptors (Lipinski definition) is 5. The van der Waals surface area contributed by atoms with Crippen molar-refractivity contribution in [2.75, 3.05) is 39.4 Å². The van der Waals surface area contributed by atoms with Gasteiger partial charge in [-0.25, -0.2) is 16.8 Å². The van der Waals surface area contributed by atoms with Gasteiger partial charge >= 0.3 is 0 Å². The summed E-state index contributed by atoms with van der Waals surface area (Å²) in [4.78, 5) is 0.215. The van der Waals surface area contributed by atoms with Crippen LogP contribution in [0.3, 0.4) is 0 Å². The molecule has 0 aromatic heterocycles. The maximum Gasteiger partial charge on any atom is 0.243 e. The van der Waals surface area contributed by atoms with Gasteiger partial charge < -0.3 is 4.74 Å². The first kappa shape index (κ1) is 22.3. The predicted molar refractivity (Wildman–Crippen MR) is 104 cm³/mol. The van der Waals surface area contributed by atoms with E-state index in [2.05, 4.69) is 0 Å². The summed E-state index contributed by atoms with van der Waals surface area (Å²) in [7, 11) is -7.31. The Labute approximate surface area is 163 Å². The van der Waals surface area contributed by atoms with E-state index in [0.717, 1.165) is 0 Å². The number of morpholine rings is 1. The first-order valence-corrected chi connectivity index (χ1v) is 12.1. The molecule has 1 heterocycles. The minimum atomic E-state index is -3.67. The van der Waals surface area contributed by atoms with E-state index in [0.29, 0.717) is 39.4 Å². The summed E-state index contributed by atoms with van der Waals surface area (Å²) in [6, 6.07) is 5.52.